The molecule has 3 rings (SSSR count). The Bertz CT molecular complexity index is 605. The summed E-state index contributed by atoms with van der Waals surface area (Å²) in [6.45, 7) is 7.60. The average Bonchev–Trinajstić information content (AvgIpc) is 3.02. The van der Waals surface area contributed by atoms with E-state index < -0.39 is 0 Å². The maximum Gasteiger partial charge on any atom is 0.191 e. The van der Waals surface area contributed by atoms with Crippen molar-refractivity contribution in [2.75, 3.05) is 20.2 Å². The molecule has 0 aromatic carbocycles. The van der Waals surface area contributed by atoms with Crippen LogP contribution in [0.15, 0.2) is 4.99 Å². The van der Waals surface area contributed by atoms with E-state index in [4.69, 9.17) is 9.73 Å². The summed E-state index contributed by atoms with van der Waals surface area (Å²) in [6.07, 6.45) is 7.36. The molecule has 154 valence electrons. The Morgan fingerprint density at radius 1 is 1.33 bits per heavy atom. The Balaban J connectivity index is 0.00000261. The van der Waals surface area contributed by atoms with E-state index in [9.17, 15) is 0 Å². The first-order valence-corrected chi connectivity index (χ1v) is 10.1. The summed E-state index contributed by atoms with van der Waals surface area (Å²) in [7, 11) is 1.68. The first-order valence-electron chi connectivity index (χ1n) is 10.1. The third-order valence-corrected chi connectivity index (χ3v) is 5.41. The van der Waals surface area contributed by atoms with Gasteiger partial charge >= 0.3 is 0 Å². The van der Waals surface area contributed by atoms with Crippen LogP contribution in [0.3, 0.4) is 0 Å². The molecule has 0 bridgehead atoms. The standard InChI is InChI=1S/C19H34N6O.HI/c1-4-20-19(21-11-15-7-5-6-14(2)10-15)22-16-8-9-18-23-17(13-26-3)24-25(18)12-16;/h14-16H,4-13H2,1-3H3,(H2,20,21,22);1H. The largest absolute Gasteiger partial charge is 0.377 e. The molecular formula is C19H35IN6O. The van der Waals surface area contributed by atoms with Gasteiger partial charge in [-0.3, -0.25) is 4.99 Å². The topological polar surface area (TPSA) is 76.4 Å². The van der Waals surface area contributed by atoms with Crippen LogP contribution in [0.5, 0.6) is 0 Å². The minimum absolute atomic E-state index is 0. The highest BCUT2D eigenvalue weighted by Crippen LogP contribution is 2.28. The first kappa shape index (κ1) is 22.4. The van der Waals surface area contributed by atoms with Gasteiger partial charge in [0.15, 0.2) is 11.8 Å². The molecule has 8 heteroatoms. The molecule has 1 saturated carbocycles. The third-order valence-electron chi connectivity index (χ3n) is 5.41. The summed E-state index contributed by atoms with van der Waals surface area (Å²) in [5, 5.41) is 11.6. The number of halogens is 1. The van der Waals surface area contributed by atoms with Gasteiger partial charge in [0.05, 0.1) is 6.54 Å². The number of aryl methyl sites for hydroxylation is 1. The van der Waals surface area contributed by atoms with Crippen molar-refractivity contribution in [3.63, 3.8) is 0 Å². The van der Waals surface area contributed by atoms with E-state index in [0.717, 1.165) is 61.9 Å². The molecule has 1 aromatic heterocycles. The molecule has 27 heavy (non-hydrogen) atoms. The number of rotatable bonds is 6. The van der Waals surface area contributed by atoms with Gasteiger partial charge in [-0.1, -0.05) is 19.8 Å². The summed E-state index contributed by atoms with van der Waals surface area (Å²) in [6, 6.07) is 0.336. The van der Waals surface area contributed by atoms with E-state index in [1.54, 1.807) is 7.11 Å². The number of nitrogens with one attached hydrogen (secondary N) is 2. The minimum Gasteiger partial charge on any atom is -0.377 e. The van der Waals surface area contributed by atoms with Crippen LogP contribution in [-0.2, 0) is 24.3 Å². The monoisotopic (exact) mass is 490 g/mol. The van der Waals surface area contributed by atoms with E-state index in [2.05, 4.69) is 34.6 Å². The second-order valence-electron chi connectivity index (χ2n) is 7.80. The molecule has 1 fully saturated rings. The molecule has 0 saturated heterocycles. The lowest BCUT2D eigenvalue weighted by Gasteiger charge is -2.27. The second kappa shape index (κ2) is 11.2. The van der Waals surface area contributed by atoms with Gasteiger partial charge in [-0.2, -0.15) is 5.10 Å². The molecule has 2 heterocycles. The fraction of sp³-hybridized carbons (Fsp3) is 0.842. The third kappa shape index (κ3) is 6.58. The number of nitrogens with zero attached hydrogens (tertiary/aromatic N) is 4. The zero-order valence-corrected chi connectivity index (χ0v) is 19.2. The van der Waals surface area contributed by atoms with E-state index in [1.807, 2.05) is 4.68 Å². The highest BCUT2D eigenvalue weighted by Gasteiger charge is 2.23. The van der Waals surface area contributed by atoms with Gasteiger partial charge in [0, 0.05) is 32.7 Å². The Morgan fingerprint density at radius 2 is 2.19 bits per heavy atom. The Labute approximate surface area is 180 Å². The van der Waals surface area contributed by atoms with Crippen LogP contribution in [0.25, 0.3) is 0 Å². The predicted molar refractivity (Wildman–Crippen MR) is 118 cm³/mol. The number of ether oxygens (including phenoxy) is 1. The average molecular weight is 490 g/mol. The van der Waals surface area contributed by atoms with Crippen LogP contribution < -0.4 is 10.6 Å². The van der Waals surface area contributed by atoms with Crippen molar-refractivity contribution in [2.24, 2.45) is 16.8 Å². The van der Waals surface area contributed by atoms with E-state index >= 15 is 0 Å². The highest BCUT2D eigenvalue weighted by molar-refractivity contribution is 14.0. The fourth-order valence-electron chi connectivity index (χ4n) is 4.13. The number of hydrogen-bond donors (Lipinski definition) is 2. The summed E-state index contributed by atoms with van der Waals surface area (Å²) in [5.74, 6) is 4.36. The Kier molecular flexibility index (Phi) is 9.28. The SMILES string of the molecule is CCNC(=NCC1CCCC(C)C1)NC1CCc2nc(COC)nn2C1.I. The number of aliphatic imine (C=N–C) groups is 1. The lowest BCUT2D eigenvalue weighted by atomic mass is 9.82. The number of hydrogen-bond acceptors (Lipinski definition) is 4. The summed E-state index contributed by atoms with van der Waals surface area (Å²) in [5.41, 5.74) is 0. The van der Waals surface area contributed by atoms with Crippen molar-refractivity contribution in [2.45, 2.75) is 71.6 Å². The van der Waals surface area contributed by atoms with Gasteiger partial charge in [-0.25, -0.2) is 9.67 Å². The van der Waals surface area contributed by atoms with Crippen LogP contribution in [-0.4, -0.2) is 47.0 Å². The van der Waals surface area contributed by atoms with Gasteiger partial charge in [-0.05, 0) is 38.0 Å². The van der Waals surface area contributed by atoms with Crippen molar-refractivity contribution in [3.05, 3.63) is 11.6 Å². The van der Waals surface area contributed by atoms with Crippen LogP contribution >= 0.6 is 24.0 Å². The van der Waals surface area contributed by atoms with Gasteiger partial charge < -0.3 is 15.4 Å². The van der Waals surface area contributed by atoms with Crippen molar-refractivity contribution < 1.29 is 4.74 Å². The van der Waals surface area contributed by atoms with Crippen LogP contribution in [0.1, 0.15) is 57.6 Å². The second-order valence-corrected chi connectivity index (χ2v) is 7.80. The Hall–Kier alpha value is -0.900. The summed E-state index contributed by atoms with van der Waals surface area (Å²) >= 11 is 0. The number of aromatic nitrogens is 3. The predicted octanol–water partition coefficient (Wildman–Crippen LogP) is 2.74. The van der Waals surface area contributed by atoms with E-state index in [-0.39, 0.29) is 24.0 Å². The van der Waals surface area contributed by atoms with Gasteiger partial charge in [0.25, 0.3) is 0 Å². The smallest absolute Gasteiger partial charge is 0.191 e. The normalized spacial score (nSPS) is 25.4. The zero-order chi connectivity index (χ0) is 18.4. The fourth-order valence-corrected chi connectivity index (χ4v) is 4.13. The van der Waals surface area contributed by atoms with Gasteiger partial charge in [0.2, 0.25) is 0 Å². The van der Waals surface area contributed by atoms with Crippen LogP contribution in [0, 0.1) is 11.8 Å². The highest BCUT2D eigenvalue weighted by atomic mass is 127. The molecule has 0 amide bonds. The molecule has 0 spiro atoms. The van der Waals surface area contributed by atoms with E-state index in [1.165, 1.54) is 25.7 Å². The molecule has 1 aliphatic heterocycles. The van der Waals surface area contributed by atoms with Gasteiger partial charge in [-0.15, -0.1) is 24.0 Å². The minimum atomic E-state index is 0. The summed E-state index contributed by atoms with van der Waals surface area (Å²) < 4.78 is 7.16. The lowest BCUT2D eigenvalue weighted by molar-refractivity contribution is 0.177. The summed E-state index contributed by atoms with van der Waals surface area (Å²) in [4.78, 5) is 9.43. The molecule has 2 aliphatic rings. The van der Waals surface area contributed by atoms with Crippen molar-refractivity contribution in [1.82, 2.24) is 25.4 Å². The molecule has 3 atom stereocenters. The van der Waals surface area contributed by atoms with Gasteiger partial charge in [0.1, 0.15) is 12.4 Å². The quantitative estimate of drug-likeness (QED) is 0.365. The van der Waals surface area contributed by atoms with Crippen LogP contribution in [0.2, 0.25) is 0 Å². The number of fused-ring (bicyclic) bond motifs is 1. The zero-order valence-electron chi connectivity index (χ0n) is 16.9. The first-order chi connectivity index (χ1) is 12.7. The molecule has 3 unspecified atom stereocenters. The van der Waals surface area contributed by atoms with E-state index in [0.29, 0.717) is 12.6 Å². The van der Waals surface area contributed by atoms with Crippen molar-refractivity contribution in [3.8, 4) is 0 Å². The maximum absolute atomic E-state index is 5.14. The molecule has 1 aromatic rings. The molecule has 1 aliphatic carbocycles. The molecule has 0 radical (unpaired) electrons. The van der Waals surface area contributed by atoms with Crippen molar-refractivity contribution in [1.29, 1.82) is 0 Å². The van der Waals surface area contributed by atoms with Crippen molar-refractivity contribution >= 4 is 29.9 Å². The number of guanidine groups is 1. The maximum atomic E-state index is 5.14. The Morgan fingerprint density at radius 3 is 2.93 bits per heavy atom. The lowest BCUT2D eigenvalue weighted by Crippen LogP contribution is -2.47. The van der Waals surface area contributed by atoms with Crippen LogP contribution in [0.4, 0.5) is 0 Å². The molecule has 7 nitrogen and oxygen atoms in total. The molecule has 2 N–H and O–H groups in total. The molecular weight excluding hydrogens is 455 g/mol. The number of methoxy groups -OCH3 is 1.